The van der Waals surface area contributed by atoms with Crippen LogP contribution in [0.3, 0.4) is 0 Å². The zero-order valence-corrected chi connectivity index (χ0v) is 19.2. The van der Waals surface area contributed by atoms with Gasteiger partial charge in [-0.15, -0.1) is 0 Å². The molecule has 0 N–H and O–H groups in total. The Morgan fingerprint density at radius 3 is 2.53 bits per heavy atom. The van der Waals surface area contributed by atoms with E-state index in [0.717, 1.165) is 42.7 Å². The molecule has 2 aliphatic rings. The second kappa shape index (κ2) is 9.65. The Morgan fingerprint density at radius 2 is 1.79 bits per heavy atom. The molecule has 1 fully saturated rings. The van der Waals surface area contributed by atoms with Crippen LogP contribution in [0.4, 0.5) is 5.69 Å². The molecular weight excluding hydrogens is 430 g/mol. The molecule has 0 unspecified atom stereocenters. The number of aldehydes is 1. The number of carbonyl (C=O) groups is 2. The Hall–Kier alpha value is -3.71. The SMILES string of the molecule is COc1cc(N2Cc3ccc(-c4ccc(C=O)cc4)nc3C2=O)ccc1OCCN1CCCC1. The monoisotopic (exact) mass is 457 g/mol. The largest absolute Gasteiger partial charge is 0.493 e. The highest BCUT2D eigenvalue weighted by Crippen LogP contribution is 2.35. The standard InChI is InChI=1S/C27H27N3O4/c1-33-25-16-22(9-11-24(25)34-15-14-29-12-2-3-13-29)30-17-21-8-10-23(28-26(21)27(30)32)20-6-4-19(18-31)5-7-20/h4-11,16,18H,2-3,12-15,17H2,1H3. The van der Waals surface area contributed by atoms with Gasteiger partial charge < -0.3 is 14.4 Å². The quantitative estimate of drug-likeness (QED) is 0.472. The topological polar surface area (TPSA) is 72.0 Å². The third-order valence-corrected chi connectivity index (χ3v) is 6.42. The number of aromatic nitrogens is 1. The van der Waals surface area contributed by atoms with Gasteiger partial charge in [-0.1, -0.05) is 30.3 Å². The van der Waals surface area contributed by atoms with Gasteiger partial charge >= 0.3 is 0 Å². The molecule has 7 heteroatoms. The van der Waals surface area contributed by atoms with Crippen molar-refractivity contribution in [3.05, 3.63) is 71.4 Å². The van der Waals surface area contributed by atoms with Crippen molar-refractivity contribution in [2.75, 3.05) is 38.3 Å². The van der Waals surface area contributed by atoms with Crippen LogP contribution in [0.2, 0.25) is 0 Å². The highest BCUT2D eigenvalue weighted by Gasteiger charge is 2.31. The number of carbonyl (C=O) groups excluding carboxylic acids is 2. The number of amides is 1. The van der Waals surface area contributed by atoms with E-state index >= 15 is 0 Å². The molecular formula is C27H27N3O4. The van der Waals surface area contributed by atoms with E-state index in [4.69, 9.17) is 9.47 Å². The smallest absolute Gasteiger partial charge is 0.277 e. The molecule has 3 aromatic rings. The Balaban J connectivity index is 1.31. The van der Waals surface area contributed by atoms with Crippen LogP contribution in [0.5, 0.6) is 11.5 Å². The van der Waals surface area contributed by atoms with Gasteiger partial charge in [0.05, 0.1) is 19.3 Å². The third-order valence-electron chi connectivity index (χ3n) is 6.42. The maximum absolute atomic E-state index is 13.2. The molecule has 1 amide bonds. The number of benzene rings is 2. The predicted octanol–water partition coefficient (Wildman–Crippen LogP) is 4.20. The minimum atomic E-state index is -0.147. The van der Waals surface area contributed by atoms with Gasteiger partial charge in [0.15, 0.2) is 11.5 Å². The molecule has 0 aliphatic carbocycles. The molecule has 1 aromatic heterocycles. The van der Waals surface area contributed by atoms with Crippen LogP contribution >= 0.6 is 0 Å². The fourth-order valence-corrected chi connectivity index (χ4v) is 4.51. The van der Waals surface area contributed by atoms with Crippen molar-refractivity contribution in [3.63, 3.8) is 0 Å². The summed E-state index contributed by atoms with van der Waals surface area (Å²) >= 11 is 0. The first-order chi connectivity index (χ1) is 16.7. The molecule has 7 nitrogen and oxygen atoms in total. The number of rotatable bonds is 8. The van der Waals surface area contributed by atoms with E-state index in [9.17, 15) is 9.59 Å². The summed E-state index contributed by atoms with van der Waals surface area (Å²) in [7, 11) is 1.61. The number of fused-ring (bicyclic) bond motifs is 1. The number of anilines is 1. The van der Waals surface area contributed by atoms with Gasteiger partial charge in [0.1, 0.15) is 18.6 Å². The summed E-state index contributed by atoms with van der Waals surface area (Å²) in [5, 5.41) is 0. The van der Waals surface area contributed by atoms with E-state index in [1.165, 1.54) is 12.8 Å². The molecule has 2 aliphatic heterocycles. The van der Waals surface area contributed by atoms with E-state index in [-0.39, 0.29) is 5.91 Å². The molecule has 174 valence electrons. The van der Waals surface area contributed by atoms with E-state index in [2.05, 4.69) is 9.88 Å². The molecule has 34 heavy (non-hydrogen) atoms. The van der Waals surface area contributed by atoms with Crippen molar-refractivity contribution in [1.82, 2.24) is 9.88 Å². The maximum atomic E-state index is 13.2. The third kappa shape index (κ3) is 4.39. The minimum Gasteiger partial charge on any atom is -0.493 e. The molecule has 0 radical (unpaired) electrons. The average Bonchev–Trinajstić information content (AvgIpc) is 3.52. The lowest BCUT2D eigenvalue weighted by atomic mass is 10.1. The molecule has 0 saturated carbocycles. The summed E-state index contributed by atoms with van der Waals surface area (Å²) in [4.78, 5) is 32.9. The second-order valence-corrected chi connectivity index (χ2v) is 8.57. The Morgan fingerprint density at radius 1 is 1.00 bits per heavy atom. The molecule has 3 heterocycles. The zero-order valence-electron chi connectivity index (χ0n) is 19.2. The van der Waals surface area contributed by atoms with Crippen LogP contribution in [-0.4, -0.2) is 55.4 Å². The van der Waals surface area contributed by atoms with Crippen molar-refractivity contribution in [1.29, 1.82) is 0 Å². The van der Waals surface area contributed by atoms with Crippen LogP contribution in [0.25, 0.3) is 11.3 Å². The molecule has 5 rings (SSSR count). The van der Waals surface area contributed by atoms with Gasteiger partial charge in [0.2, 0.25) is 0 Å². The summed E-state index contributed by atoms with van der Waals surface area (Å²) < 4.78 is 11.5. The molecule has 0 spiro atoms. The summed E-state index contributed by atoms with van der Waals surface area (Å²) in [6.45, 7) is 4.22. The Bertz CT molecular complexity index is 1200. The summed E-state index contributed by atoms with van der Waals surface area (Å²) in [5.74, 6) is 1.13. The van der Waals surface area contributed by atoms with Crippen LogP contribution in [0.15, 0.2) is 54.6 Å². The molecule has 1 saturated heterocycles. The van der Waals surface area contributed by atoms with Gasteiger partial charge in [-0.05, 0) is 44.1 Å². The van der Waals surface area contributed by atoms with Gasteiger partial charge in [-0.25, -0.2) is 4.98 Å². The Kier molecular flexibility index (Phi) is 6.27. The van der Waals surface area contributed by atoms with Crippen molar-refractivity contribution < 1.29 is 19.1 Å². The van der Waals surface area contributed by atoms with Crippen LogP contribution in [0.1, 0.15) is 39.3 Å². The van der Waals surface area contributed by atoms with Gasteiger partial charge in [-0.2, -0.15) is 0 Å². The molecule has 0 atom stereocenters. The van der Waals surface area contributed by atoms with Crippen LogP contribution in [0, 0.1) is 0 Å². The average molecular weight is 458 g/mol. The van der Waals surface area contributed by atoms with Crippen molar-refractivity contribution in [2.45, 2.75) is 19.4 Å². The number of likely N-dealkylation sites (tertiary alicyclic amines) is 1. The number of nitrogens with zero attached hydrogens (tertiary/aromatic N) is 3. The van der Waals surface area contributed by atoms with Gasteiger partial charge in [0, 0.05) is 35.0 Å². The minimum absolute atomic E-state index is 0.147. The first-order valence-corrected chi connectivity index (χ1v) is 11.6. The van der Waals surface area contributed by atoms with Crippen molar-refractivity contribution >= 4 is 17.9 Å². The predicted molar refractivity (Wildman–Crippen MR) is 130 cm³/mol. The summed E-state index contributed by atoms with van der Waals surface area (Å²) in [5.41, 5.74) is 4.22. The normalized spacial score (nSPS) is 15.4. The van der Waals surface area contributed by atoms with E-state index < -0.39 is 0 Å². The van der Waals surface area contributed by atoms with Crippen LogP contribution < -0.4 is 14.4 Å². The van der Waals surface area contributed by atoms with Gasteiger partial charge in [0.25, 0.3) is 5.91 Å². The lowest BCUT2D eigenvalue weighted by Gasteiger charge is -2.19. The number of pyridine rings is 1. The second-order valence-electron chi connectivity index (χ2n) is 8.57. The first-order valence-electron chi connectivity index (χ1n) is 11.6. The number of hydrogen-bond acceptors (Lipinski definition) is 6. The lowest BCUT2D eigenvalue weighted by Crippen LogP contribution is -2.25. The highest BCUT2D eigenvalue weighted by molar-refractivity contribution is 6.09. The molecule has 2 aromatic carbocycles. The van der Waals surface area contributed by atoms with E-state index in [0.29, 0.717) is 41.6 Å². The lowest BCUT2D eigenvalue weighted by molar-refractivity contribution is 0.0992. The van der Waals surface area contributed by atoms with E-state index in [1.807, 2.05) is 42.5 Å². The number of hydrogen-bond donors (Lipinski definition) is 0. The Labute approximate surface area is 198 Å². The zero-order chi connectivity index (χ0) is 23.5. The van der Waals surface area contributed by atoms with Crippen molar-refractivity contribution in [3.8, 4) is 22.8 Å². The van der Waals surface area contributed by atoms with Crippen LogP contribution in [-0.2, 0) is 6.54 Å². The maximum Gasteiger partial charge on any atom is 0.277 e. The fourth-order valence-electron chi connectivity index (χ4n) is 4.51. The molecule has 0 bridgehead atoms. The highest BCUT2D eigenvalue weighted by atomic mass is 16.5. The van der Waals surface area contributed by atoms with Crippen molar-refractivity contribution in [2.24, 2.45) is 0 Å². The summed E-state index contributed by atoms with van der Waals surface area (Å²) in [6, 6.07) is 16.6. The summed E-state index contributed by atoms with van der Waals surface area (Å²) in [6.07, 6.45) is 3.32. The number of ether oxygens (including phenoxy) is 2. The number of methoxy groups -OCH3 is 1. The first kappa shape index (κ1) is 22.1. The van der Waals surface area contributed by atoms with Gasteiger partial charge in [-0.3, -0.25) is 14.5 Å². The fraction of sp³-hybridized carbons (Fsp3) is 0.296. The van der Waals surface area contributed by atoms with E-state index in [1.54, 1.807) is 24.1 Å².